The minimum atomic E-state index is -0.918. The van der Waals surface area contributed by atoms with Crippen LogP contribution in [0.5, 0.6) is 17.2 Å². The number of aromatic nitrogens is 2. The Labute approximate surface area is 212 Å². The molecule has 0 saturated carbocycles. The van der Waals surface area contributed by atoms with Crippen LogP contribution < -0.4 is 19.8 Å². The molecular weight excluding hydrogens is 478 g/mol. The van der Waals surface area contributed by atoms with Crippen molar-refractivity contribution in [1.82, 2.24) is 14.5 Å². The molecule has 0 fully saturated rings. The summed E-state index contributed by atoms with van der Waals surface area (Å²) in [4.78, 5) is 32.9. The average Bonchev–Trinajstić information content (AvgIpc) is 3.28. The van der Waals surface area contributed by atoms with E-state index in [1.54, 1.807) is 43.7 Å². The average molecular weight is 508 g/mol. The van der Waals surface area contributed by atoms with Gasteiger partial charge >= 0.3 is 6.16 Å². The lowest BCUT2D eigenvalue weighted by atomic mass is 10.0. The van der Waals surface area contributed by atoms with E-state index in [2.05, 4.69) is 4.98 Å². The Bertz CT molecular complexity index is 1600. The van der Waals surface area contributed by atoms with Gasteiger partial charge < -0.3 is 33.5 Å². The molecule has 3 heterocycles. The Balaban J connectivity index is 1.79. The number of hydrogen-bond donors (Lipinski definition) is 1. The highest BCUT2D eigenvalue weighted by molar-refractivity contribution is 6.15. The second kappa shape index (κ2) is 9.20. The van der Waals surface area contributed by atoms with Gasteiger partial charge in [-0.25, -0.2) is 4.79 Å². The molecule has 1 aliphatic heterocycles. The number of carbonyl (C=O) groups is 1. The third-order valence-corrected chi connectivity index (χ3v) is 6.09. The van der Waals surface area contributed by atoms with Gasteiger partial charge in [-0.1, -0.05) is 0 Å². The number of pyridine rings is 2. The van der Waals surface area contributed by atoms with Gasteiger partial charge in [0, 0.05) is 41.7 Å². The first-order valence-electron chi connectivity index (χ1n) is 11.9. The summed E-state index contributed by atoms with van der Waals surface area (Å²) in [5.41, 5.74) is 0.696. The van der Waals surface area contributed by atoms with Gasteiger partial charge in [-0.15, -0.1) is 0 Å². The molecule has 10 nitrogen and oxygen atoms in total. The van der Waals surface area contributed by atoms with E-state index in [9.17, 15) is 14.7 Å². The monoisotopic (exact) mass is 507 g/mol. The molecule has 10 heteroatoms. The molecule has 0 saturated heterocycles. The van der Waals surface area contributed by atoms with Crippen LogP contribution in [0.2, 0.25) is 0 Å². The fourth-order valence-electron chi connectivity index (χ4n) is 4.42. The number of benzene rings is 2. The minimum absolute atomic E-state index is 0.0666. The lowest BCUT2D eigenvalue weighted by molar-refractivity contribution is 0.0202. The first-order valence-corrected chi connectivity index (χ1v) is 11.9. The van der Waals surface area contributed by atoms with Crippen molar-refractivity contribution >= 4 is 38.7 Å². The Hall–Kier alpha value is -3.89. The van der Waals surface area contributed by atoms with Gasteiger partial charge in [0.15, 0.2) is 11.5 Å². The summed E-state index contributed by atoms with van der Waals surface area (Å²) in [6, 6.07) is 6.80. The number of ether oxygens (including phenoxy) is 4. The third kappa shape index (κ3) is 4.65. The number of nitrogens with zero attached hydrogens (tertiary/aromatic N) is 3. The largest absolute Gasteiger partial charge is 0.514 e. The van der Waals surface area contributed by atoms with E-state index in [1.165, 1.54) is 6.07 Å². The van der Waals surface area contributed by atoms with Crippen molar-refractivity contribution in [3.8, 4) is 17.2 Å². The highest BCUT2D eigenvalue weighted by atomic mass is 16.7. The molecule has 37 heavy (non-hydrogen) atoms. The molecule has 2 aromatic carbocycles. The molecule has 5 rings (SSSR count). The Morgan fingerprint density at radius 1 is 1.08 bits per heavy atom. The van der Waals surface area contributed by atoms with Crippen LogP contribution in [0, 0.1) is 0 Å². The van der Waals surface area contributed by atoms with Gasteiger partial charge in [0.25, 0.3) is 5.56 Å². The first-order chi connectivity index (χ1) is 17.6. The molecule has 1 aliphatic rings. The maximum atomic E-state index is 13.9. The lowest BCUT2D eigenvalue weighted by Gasteiger charge is -2.20. The van der Waals surface area contributed by atoms with Crippen molar-refractivity contribution in [2.24, 2.45) is 0 Å². The van der Waals surface area contributed by atoms with Gasteiger partial charge in [0.1, 0.15) is 11.4 Å². The highest BCUT2D eigenvalue weighted by Gasteiger charge is 2.23. The number of aliphatic hydroxyl groups is 1. The molecule has 0 unspecified atom stereocenters. The van der Waals surface area contributed by atoms with Crippen LogP contribution in [0.1, 0.15) is 26.3 Å². The zero-order valence-electron chi connectivity index (χ0n) is 21.5. The molecule has 1 N–H and O–H groups in total. The quantitative estimate of drug-likeness (QED) is 0.245. The molecule has 0 radical (unpaired) electrons. The molecule has 4 aromatic rings. The molecule has 2 aromatic heterocycles. The summed E-state index contributed by atoms with van der Waals surface area (Å²) in [5, 5.41) is 12.5. The van der Waals surface area contributed by atoms with Crippen molar-refractivity contribution in [2.45, 2.75) is 39.5 Å². The van der Waals surface area contributed by atoms with Crippen molar-refractivity contribution < 1.29 is 28.8 Å². The fraction of sp³-hybridized carbons (Fsp3) is 0.370. The summed E-state index contributed by atoms with van der Waals surface area (Å²) >= 11 is 0. The number of aliphatic hydroxyl groups excluding tert-OH is 1. The summed E-state index contributed by atoms with van der Waals surface area (Å²) in [6.07, 6.45) is 0.794. The number of rotatable bonds is 5. The molecule has 194 valence electrons. The molecule has 0 amide bonds. The van der Waals surface area contributed by atoms with Crippen molar-refractivity contribution in [3.63, 3.8) is 0 Å². The van der Waals surface area contributed by atoms with Crippen molar-refractivity contribution in [2.75, 3.05) is 27.4 Å². The van der Waals surface area contributed by atoms with Crippen molar-refractivity contribution in [1.29, 1.82) is 0 Å². The number of fused-ring (bicyclic) bond motifs is 6. The van der Waals surface area contributed by atoms with E-state index >= 15 is 0 Å². The minimum Gasteiger partial charge on any atom is -0.454 e. The summed E-state index contributed by atoms with van der Waals surface area (Å²) < 4.78 is 23.5. The van der Waals surface area contributed by atoms with Crippen LogP contribution in [0.25, 0.3) is 32.6 Å². The van der Waals surface area contributed by atoms with Gasteiger partial charge in [0.05, 0.1) is 23.0 Å². The summed E-state index contributed by atoms with van der Waals surface area (Å²) in [7, 11) is 3.87. The van der Waals surface area contributed by atoms with Gasteiger partial charge in [0.2, 0.25) is 6.79 Å². The number of hydrogen-bond acceptors (Lipinski definition) is 9. The zero-order valence-corrected chi connectivity index (χ0v) is 21.5. The molecule has 0 atom stereocenters. The van der Waals surface area contributed by atoms with E-state index in [0.717, 1.165) is 10.8 Å². The van der Waals surface area contributed by atoms with Crippen LogP contribution in [-0.2, 0) is 17.9 Å². The Kier molecular flexibility index (Phi) is 6.17. The maximum Gasteiger partial charge on any atom is 0.514 e. The molecule has 0 aliphatic carbocycles. The van der Waals surface area contributed by atoms with Crippen LogP contribution >= 0.6 is 0 Å². The second-order valence-electron chi connectivity index (χ2n) is 10.2. The van der Waals surface area contributed by atoms with Crippen LogP contribution in [0.4, 0.5) is 4.79 Å². The molecular formula is C27H29N3O7. The van der Waals surface area contributed by atoms with E-state index in [4.69, 9.17) is 18.9 Å². The smallest absolute Gasteiger partial charge is 0.454 e. The predicted molar refractivity (Wildman–Crippen MR) is 138 cm³/mol. The SMILES string of the molecule is CN(C)CCn1c(=O)c2cc(OC(=O)OC(C)(C)C)c(CO)cc2c2cnc3cc4c(cc3c21)OCO4. The third-order valence-electron chi connectivity index (χ3n) is 6.09. The van der Waals surface area contributed by atoms with Crippen molar-refractivity contribution in [3.05, 3.63) is 46.4 Å². The standard InChI is InChI=1S/C27H29N3O7/c1-27(2,3)37-26(33)36-21-9-17-16(8-15(21)13-31)19-12-28-20-11-23-22(34-14-35-23)10-18(20)24(19)30(25(17)32)7-6-29(4)5/h8-12,31H,6-7,13-14H2,1-5H3. The summed E-state index contributed by atoms with van der Waals surface area (Å²) in [6.45, 7) is 5.92. The second-order valence-corrected chi connectivity index (χ2v) is 10.2. The molecule has 0 bridgehead atoms. The van der Waals surface area contributed by atoms with E-state index in [0.29, 0.717) is 52.0 Å². The van der Waals surface area contributed by atoms with Gasteiger partial charge in [-0.2, -0.15) is 0 Å². The van der Waals surface area contributed by atoms with Crippen LogP contribution in [0.3, 0.4) is 0 Å². The normalized spacial score (nSPS) is 13.2. The zero-order chi connectivity index (χ0) is 26.5. The van der Waals surface area contributed by atoms with Crippen LogP contribution in [0.15, 0.2) is 35.3 Å². The molecule has 0 spiro atoms. The van der Waals surface area contributed by atoms with E-state index in [1.807, 2.05) is 25.1 Å². The fourth-order valence-corrected chi connectivity index (χ4v) is 4.42. The lowest BCUT2D eigenvalue weighted by Crippen LogP contribution is -2.28. The van der Waals surface area contributed by atoms with Crippen LogP contribution in [-0.4, -0.2) is 58.7 Å². The maximum absolute atomic E-state index is 13.9. The first kappa shape index (κ1) is 24.8. The Morgan fingerprint density at radius 3 is 2.49 bits per heavy atom. The number of likely N-dealkylation sites (N-methyl/N-ethyl adjacent to an activating group) is 1. The summed E-state index contributed by atoms with van der Waals surface area (Å²) in [5.74, 6) is 1.26. The van der Waals surface area contributed by atoms with E-state index < -0.39 is 18.4 Å². The topological polar surface area (TPSA) is 112 Å². The van der Waals surface area contributed by atoms with Gasteiger partial charge in [-0.3, -0.25) is 9.78 Å². The highest BCUT2D eigenvalue weighted by Crippen LogP contribution is 2.39. The Morgan fingerprint density at radius 2 is 1.81 bits per heavy atom. The van der Waals surface area contributed by atoms with Gasteiger partial charge in [-0.05, 0) is 58.5 Å². The predicted octanol–water partition coefficient (Wildman–Crippen LogP) is 3.80. The number of carbonyl (C=O) groups excluding carboxylic acids is 1. The van der Waals surface area contributed by atoms with E-state index in [-0.39, 0.29) is 18.1 Å².